The number of halogens is 2. The van der Waals surface area contributed by atoms with Gasteiger partial charge >= 0.3 is 0 Å². The van der Waals surface area contributed by atoms with Crippen molar-refractivity contribution in [3.63, 3.8) is 0 Å². The van der Waals surface area contributed by atoms with E-state index in [0.29, 0.717) is 10.4 Å². The molecule has 0 bridgehead atoms. The molecule has 1 aliphatic carbocycles. The van der Waals surface area contributed by atoms with Gasteiger partial charge in [-0.3, -0.25) is 4.79 Å². The van der Waals surface area contributed by atoms with E-state index in [0.717, 1.165) is 6.54 Å². The number of carbonyl (C=O) groups is 1. The fourth-order valence-corrected chi connectivity index (χ4v) is 3.24. The van der Waals surface area contributed by atoms with Gasteiger partial charge in [0.2, 0.25) is 0 Å². The van der Waals surface area contributed by atoms with Crippen molar-refractivity contribution in [1.29, 1.82) is 0 Å². The van der Waals surface area contributed by atoms with Crippen LogP contribution in [0.25, 0.3) is 0 Å². The van der Waals surface area contributed by atoms with Crippen LogP contribution in [0.2, 0.25) is 0 Å². The van der Waals surface area contributed by atoms with Crippen LogP contribution in [-0.4, -0.2) is 24.4 Å². The van der Waals surface area contributed by atoms with E-state index < -0.39 is 5.82 Å². The van der Waals surface area contributed by atoms with Crippen molar-refractivity contribution in [3.8, 4) is 0 Å². The molecule has 1 aromatic carbocycles. The predicted molar refractivity (Wildman–Crippen MR) is 77.6 cm³/mol. The van der Waals surface area contributed by atoms with Crippen LogP contribution in [0.4, 0.5) is 4.39 Å². The number of carbonyl (C=O) groups excluding carboxylic acids is 1. The van der Waals surface area contributed by atoms with Crippen molar-refractivity contribution >= 4 is 21.8 Å². The molecule has 1 aliphatic rings. The van der Waals surface area contributed by atoms with Crippen LogP contribution in [0, 0.1) is 11.7 Å². The van der Waals surface area contributed by atoms with Gasteiger partial charge in [0, 0.05) is 18.1 Å². The quantitative estimate of drug-likeness (QED) is 0.813. The Morgan fingerprint density at radius 3 is 2.68 bits per heavy atom. The molecule has 0 aromatic heterocycles. The van der Waals surface area contributed by atoms with Crippen LogP contribution in [0.5, 0.6) is 0 Å². The minimum atomic E-state index is -0.463. The molecular formula is C15H19BrFNO. The number of hydrogen-bond acceptors (Lipinski definition) is 1. The molecule has 2 nitrogen and oxygen atoms in total. The van der Waals surface area contributed by atoms with E-state index in [1.54, 1.807) is 24.1 Å². The minimum absolute atomic E-state index is 0.140. The van der Waals surface area contributed by atoms with Gasteiger partial charge in [0.1, 0.15) is 5.82 Å². The Hall–Kier alpha value is -0.900. The van der Waals surface area contributed by atoms with Gasteiger partial charge in [-0.1, -0.05) is 25.3 Å². The lowest BCUT2D eigenvalue weighted by Gasteiger charge is -2.27. The van der Waals surface area contributed by atoms with Crippen LogP contribution in [0.15, 0.2) is 22.7 Å². The third kappa shape index (κ3) is 3.56. The first kappa shape index (κ1) is 14.5. The Labute approximate surface area is 122 Å². The second-order valence-corrected chi connectivity index (χ2v) is 6.14. The highest BCUT2D eigenvalue weighted by Crippen LogP contribution is 2.26. The lowest BCUT2D eigenvalue weighted by atomic mass is 9.89. The zero-order valence-electron chi connectivity index (χ0n) is 11.2. The lowest BCUT2D eigenvalue weighted by molar-refractivity contribution is 0.0755. The molecule has 0 radical (unpaired) electrons. The molecule has 0 saturated heterocycles. The average Bonchev–Trinajstić information content (AvgIpc) is 2.39. The van der Waals surface area contributed by atoms with E-state index in [2.05, 4.69) is 15.9 Å². The number of rotatable bonds is 3. The van der Waals surface area contributed by atoms with Crippen molar-refractivity contribution in [1.82, 2.24) is 4.90 Å². The highest BCUT2D eigenvalue weighted by atomic mass is 79.9. The average molecular weight is 328 g/mol. The molecule has 1 aromatic rings. The summed E-state index contributed by atoms with van der Waals surface area (Å²) >= 11 is 3.25. The summed E-state index contributed by atoms with van der Waals surface area (Å²) in [6.07, 6.45) is 6.14. The number of hydrogen-bond donors (Lipinski definition) is 0. The second kappa shape index (κ2) is 6.51. The first-order valence-electron chi connectivity index (χ1n) is 6.79. The SMILES string of the molecule is CN(CC1CCCCC1)C(=O)c1c(F)cccc1Br. The summed E-state index contributed by atoms with van der Waals surface area (Å²) in [6.45, 7) is 0.722. The van der Waals surface area contributed by atoms with Crippen molar-refractivity contribution in [2.24, 2.45) is 5.92 Å². The van der Waals surface area contributed by atoms with Crippen LogP contribution < -0.4 is 0 Å². The Bertz CT molecular complexity index is 437. The summed E-state index contributed by atoms with van der Waals surface area (Å²) in [5.41, 5.74) is 0.140. The van der Waals surface area contributed by atoms with Gasteiger partial charge < -0.3 is 4.90 Å². The van der Waals surface area contributed by atoms with Gasteiger partial charge in [0.25, 0.3) is 5.91 Å². The summed E-state index contributed by atoms with van der Waals surface area (Å²) in [4.78, 5) is 14.0. The first-order chi connectivity index (χ1) is 9.09. The summed E-state index contributed by atoms with van der Waals surface area (Å²) < 4.78 is 14.3. The molecule has 19 heavy (non-hydrogen) atoms. The maximum absolute atomic E-state index is 13.8. The maximum atomic E-state index is 13.8. The van der Waals surface area contributed by atoms with Gasteiger partial charge in [-0.2, -0.15) is 0 Å². The summed E-state index contributed by atoms with van der Waals surface area (Å²) in [5, 5.41) is 0. The van der Waals surface area contributed by atoms with Crippen LogP contribution in [-0.2, 0) is 0 Å². The molecule has 1 saturated carbocycles. The molecule has 104 valence electrons. The third-order valence-electron chi connectivity index (χ3n) is 3.78. The van der Waals surface area contributed by atoms with E-state index in [1.165, 1.54) is 38.2 Å². The van der Waals surface area contributed by atoms with Gasteiger partial charge in [-0.15, -0.1) is 0 Å². The van der Waals surface area contributed by atoms with Crippen LogP contribution >= 0.6 is 15.9 Å². The van der Waals surface area contributed by atoms with Gasteiger partial charge in [0.05, 0.1) is 5.56 Å². The fraction of sp³-hybridized carbons (Fsp3) is 0.533. The zero-order valence-corrected chi connectivity index (χ0v) is 12.7. The number of benzene rings is 1. The molecule has 0 N–H and O–H groups in total. The monoisotopic (exact) mass is 327 g/mol. The summed E-state index contributed by atoms with van der Waals surface area (Å²) in [6, 6.07) is 4.62. The molecule has 1 fully saturated rings. The van der Waals surface area contributed by atoms with Gasteiger partial charge in [0.15, 0.2) is 0 Å². The van der Waals surface area contributed by atoms with Crippen molar-refractivity contribution in [3.05, 3.63) is 34.1 Å². The van der Waals surface area contributed by atoms with E-state index in [9.17, 15) is 9.18 Å². The van der Waals surface area contributed by atoms with Crippen molar-refractivity contribution < 1.29 is 9.18 Å². The molecule has 1 amide bonds. The third-order valence-corrected chi connectivity index (χ3v) is 4.44. The molecule has 0 aliphatic heterocycles. The largest absolute Gasteiger partial charge is 0.341 e. The van der Waals surface area contributed by atoms with Crippen LogP contribution in [0.3, 0.4) is 0 Å². The zero-order chi connectivity index (χ0) is 13.8. The normalized spacial score (nSPS) is 16.4. The van der Waals surface area contributed by atoms with E-state index in [-0.39, 0.29) is 11.5 Å². The smallest absolute Gasteiger partial charge is 0.257 e. The maximum Gasteiger partial charge on any atom is 0.257 e. The molecule has 0 heterocycles. The lowest BCUT2D eigenvalue weighted by Crippen LogP contribution is -2.33. The first-order valence-corrected chi connectivity index (χ1v) is 7.58. The highest BCUT2D eigenvalue weighted by molar-refractivity contribution is 9.10. The summed E-state index contributed by atoms with van der Waals surface area (Å²) in [7, 11) is 1.76. The van der Waals surface area contributed by atoms with Gasteiger partial charge in [-0.25, -0.2) is 4.39 Å². The molecular weight excluding hydrogens is 309 g/mol. The van der Waals surface area contributed by atoms with Gasteiger partial charge in [-0.05, 0) is 46.8 Å². The Kier molecular flexibility index (Phi) is 4.97. The van der Waals surface area contributed by atoms with E-state index in [1.807, 2.05) is 0 Å². The Morgan fingerprint density at radius 2 is 2.05 bits per heavy atom. The minimum Gasteiger partial charge on any atom is -0.341 e. The second-order valence-electron chi connectivity index (χ2n) is 5.29. The fourth-order valence-electron chi connectivity index (χ4n) is 2.73. The van der Waals surface area contributed by atoms with E-state index in [4.69, 9.17) is 0 Å². The van der Waals surface area contributed by atoms with Crippen molar-refractivity contribution in [2.75, 3.05) is 13.6 Å². The number of nitrogens with zero attached hydrogens (tertiary/aromatic N) is 1. The molecule has 0 spiro atoms. The topological polar surface area (TPSA) is 20.3 Å². The Morgan fingerprint density at radius 1 is 1.37 bits per heavy atom. The number of amides is 1. The standard InChI is InChI=1S/C15H19BrFNO/c1-18(10-11-6-3-2-4-7-11)15(19)14-12(16)8-5-9-13(14)17/h5,8-9,11H,2-4,6-7,10H2,1H3. The van der Waals surface area contributed by atoms with Crippen molar-refractivity contribution in [2.45, 2.75) is 32.1 Å². The molecule has 4 heteroatoms. The van der Waals surface area contributed by atoms with E-state index >= 15 is 0 Å². The van der Waals surface area contributed by atoms with Crippen LogP contribution in [0.1, 0.15) is 42.5 Å². The highest BCUT2D eigenvalue weighted by Gasteiger charge is 2.22. The predicted octanol–water partition coefficient (Wildman–Crippen LogP) is 4.24. The molecule has 0 unspecified atom stereocenters. The summed E-state index contributed by atoms with van der Waals surface area (Å²) in [5.74, 6) is -0.140. The molecule has 0 atom stereocenters. The molecule has 2 rings (SSSR count). The Balaban J connectivity index is 2.06.